The van der Waals surface area contributed by atoms with E-state index >= 15 is 0 Å². The molecule has 0 aliphatic carbocycles. The first-order valence-corrected chi connectivity index (χ1v) is 12.8. The van der Waals surface area contributed by atoms with Crippen LogP contribution in [-0.4, -0.2) is 21.4 Å². The molecule has 0 bridgehead atoms. The van der Waals surface area contributed by atoms with Gasteiger partial charge in [0.15, 0.2) is 5.16 Å². The normalized spacial score (nSPS) is 16.3. The van der Waals surface area contributed by atoms with Crippen LogP contribution in [0.4, 0.5) is 0 Å². The van der Waals surface area contributed by atoms with E-state index in [1.54, 1.807) is 23.1 Å². The van der Waals surface area contributed by atoms with Gasteiger partial charge in [0.25, 0.3) is 5.56 Å². The summed E-state index contributed by atoms with van der Waals surface area (Å²) in [5.74, 6) is 1.41. The van der Waals surface area contributed by atoms with Crippen molar-refractivity contribution in [1.29, 1.82) is 0 Å². The minimum Gasteiger partial charge on any atom is -0.372 e. The van der Waals surface area contributed by atoms with Gasteiger partial charge in [-0.25, -0.2) is 4.98 Å². The van der Waals surface area contributed by atoms with E-state index < -0.39 is 0 Å². The van der Waals surface area contributed by atoms with Gasteiger partial charge in [-0.1, -0.05) is 70.0 Å². The number of unbranched alkanes of at least 4 members (excludes halogenated alkanes) is 3. The third kappa shape index (κ3) is 4.36. The molecule has 0 spiro atoms. The SMILES string of the molecule is CCCCCCSc1nc2sc3c(c2c(=O)n1-c1ccccc1)C[C@H](C(C)C)OC3. The van der Waals surface area contributed by atoms with Gasteiger partial charge in [0, 0.05) is 17.1 Å². The first kappa shape index (κ1) is 21.6. The molecular weight excluding hydrogens is 412 g/mol. The lowest BCUT2D eigenvalue weighted by molar-refractivity contribution is 0.00200. The van der Waals surface area contributed by atoms with E-state index in [-0.39, 0.29) is 11.7 Å². The molecular formula is C24H30N2O2S2. The van der Waals surface area contributed by atoms with E-state index in [0.29, 0.717) is 12.5 Å². The van der Waals surface area contributed by atoms with Crippen molar-refractivity contribution in [2.75, 3.05) is 5.75 Å². The molecule has 160 valence electrons. The van der Waals surface area contributed by atoms with E-state index in [1.807, 2.05) is 34.9 Å². The van der Waals surface area contributed by atoms with Crippen LogP contribution in [0.1, 0.15) is 56.9 Å². The van der Waals surface area contributed by atoms with Gasteiger partial charge in [-0.05, 0) is 30.0 Å². The van der Waals surface area contributed by atoms with Crippen LogP contribution >= 0.6 is 23.1 Å². The maximum atomic E-state index is 13.8. The van der Waals surface area contributed by atoms with E-state index in [1.165, 1.54) is 19.3 Å². The Morgan fingerprint density at radius 1 is 1.23 bits per heavy atom. The number of thioether (sulfide) groups is 1. The van der Waals surface area contributed by atoms with Gasteiger partial charge in [0.1, 0.15) is 4.83 Å². The monoisotopic (exact) mass is 442 g/mol. The molecule has 3 aromatic rings. The average molecular weight is 443 g/mol. The van der Waals surface area contributed by atoms with Gasteiger partial charge in [-0.15, -0.1) is 11.3 Å². The molecule has 6 heteroatoms. The second-order valence-corrected chi connectivity index (χ2v) is 10.4. The van der Waals surface area contributed by atoms with Crippen LogP contribution in [0.15, 0.2) is 40.3 Å². The molecule has 0 saturated carbocycles. The fourth-order valence-corrected chi connectivity index (χ4v) is 6.11. The summed E-state index contributed by atoms with van der Waals surface area (Å²) in [7, 11) is 0. The topological polar surface area (TPSA) is 44.1 Å². The van der Waals surface area contributed by atoms with E-state index in [2.05, 4.69) is 20.8 Å². The Morgan fingerprint density at radius 2 is 2.03 bits per heavy atom. The Morgan fingerprint density at radius 3 is 2.77 bits per heavy atom. The zero-order valence-corrected chi connectivity index (χ0v) is 19.7. The number of nitrogens with zero attached hydrogens (tertiary/aromatic N) is 2. The molecule has 1 aliphatic rings. The molecule has 4 rings (SSSR count). The fraction of sp³-hybridized carbons (Fsp3) is 0.500. The lowest BCUT2D eigenvalue weighted by atomic mass is 9.96. The molecule has 1 aromatic carbocycles. The third-order valence-corrected chi connectivity index (χ3v) is 7.82. The van der Waals surface area contributed by atoms with Gasteiger partial charge >= 0.3 is 0 Å². The van der Waals surface area contributed by atoms with Crippen LogP contribution in [0, 0.1) is 5.92 Å². The Hall–Kier alpha value is -1.63. The van der Waals surface area contributed by atoms with Crippen LogP contribution < -0.4 is 5.56 Å². The summed E-state index contributed by atoms with van der Waals surface area (Å²) in [6.45, 7) is 7.17. The predicted octanol–water partition coefficient (Wildman–Crippen LogP) is 6.22. The smallest absolute Gasteiger partial charge is 0.267 e. The number of para-hydroxylation sites is 1. The molecule has 3 heterocycles. The summed E-state index contributed by atoms with van der Waals surface area (Å²) in [5, 5.41) is 1.60. The minimum absolute atomic E-state index is 0.0594. The second-order valence-electron chi connectivity index (χ2n) is 8.26. The molecule has 0 amide bonds. The Bertz CT molecular complexity index is 1060. The van der Waals surface area contributed by atoms with Crippen molar-refractivity contribution in [3.63, 3.8) is 0 Å². The maximum Gasteiger partial charge on any atom is 0.267 e. The quantitative estimate of drug-likeness (QED) is 0.236. The molecule has 2 aromatic heterocycles. The molecule has 1 atom stereocenters. The summed E-state index contributed by atoms with van der Waals surface area (Å²) in [6, 6.07) is 9.93. The average Bonchev–Trinajstić information content (AvgIpc) is 3.12. The summed E-state index contributed by atoms with van der Waals surface area (Å²) >= 11 is 3.33. The fourth-order valence-electron chi connectivity index (χ4n) is 3.93. The Balaban J connectivity index is 1.78. The number of rotatable bonds is 8. The van der Waals surface area contributed by atoms with E-state index in [9.17, 15) is 4.79 Å². The van der Waals surface area contributed by atoms with Gasteiger partial charge in [0.2, 0.25) is 0 Å². The van der Waals surface area contributed by atoms with E-state index in [4.69, 9.17) is 9.72 Å². The highest BCUT2D eigenvalue weighted by atomic mass is 32.2. The number of benzene rings is 1. The molecule has 0 unspecified atom stereocenters. The molecule has 0 saturated heterocycles. The molecule has 0 fully saturated rings. The highest BCUT2D eigenvalue weighted by Gasteiger charge is 2.28. The number of thiophene rings is 1. The van der Waals surface area contributed by atoms with Gasteiger partial charge < -0.3 is 4.74 Å². The number of ether oxygens (including phenoxy) is 1. The number of hydrogen-bond donors (Lipinski definition) is 0. The molecule has 30 heavy (non-hydrogen) atoms. The molecule has 1 aliphatic heterocycles. The van der Waals surface area contributed by atoms with Gasteiger partial charge in [-0.2, -0.15) is 0 Å². The standard InChI is InChI=1S/C24H30N2O2S2/c1-4-5-6-10-13-29-24-25-22-21(23(27)26(24)17-11-8-7-9-12-17)18-14-19(16(2)3)28-15-20(18)30-22/h7-9,11-12,16,19H,4-6,10,13-15H2,1-3H3/t19-/m1/s1. The lowest BCUT2D eigenvalue weighted by Gasteiger charge is -2.26. The first-order valence-electron chi connectivity index (χ1n) is 11.0. The highest BCUT2D eigenvalue weighted by Crippen LogP contribution is 2.36. The zero-order valence-electron chi connectivity index (χ0n) is 18.0. The largest absolute Gasteiger partial charge is 0.372 e. The minimum atomic E-state index is 0.0594. The highest BCUT2D eigenvalue weighted by molar-refractivity contribution is 7.99. The van der Waals surface area contributed by atoms with Crippen LogP contribution in [-0.2, 0) is 17.8 Å². The van der Waals surface area contributed by atoms with Crippen molar-refractivity contribution in [3.8, 4) is 5.69 Å². The van der Waals surface area contributed by atoms with Gasteiger partial charge in [-0.3, -0.25) is 9.36 Å². The zero-order chi connectivity index (χ0) is 21.1. The van der Waals surface area contributed by atoms with Crippen molar-refractivity contribution in [2.24, 2.45) is 5.92 Å². The number of fused-ring (bicyclic) bond motifs is 3. The summed E-state index contributed by atoms with van der Waals surface area (Å²) in [4.78, 5) is 20.8. The van der Waals surface area contributed by atoms with Gasteiger partial charge in [0.05, 0.1) is 23.8 Å². The molecule has 4 nitrogen and oxygen atoms in total. The lowest BCUT2D eigenvalue weighted by Crippen LogP contribution is -2.28. The van der Waals surface area contributed by atoms with Crippen molar-refractivity contribution < 1.29 is 4.74 Å². The predicted molar refractivity (Wildman–Crippen MR) is 127 cm³/mol. The first-order chi connectivity index (χ1) is 14.6. The van der Waals surface area contributed by atoms with Crippen LogP contribution in [0.2, 0.25) is 0 Å². The number of aromatic nitrogens is 2. The summed E-state index contributed by atoms with van der Waals surface area (Å²) in [6.07, 6.45) is 5.81. The van der Waals surface area contributed by atoms with Crippen LogP contribution in [0.5, 0.6) is 0 Å². The Kier molecular flexibility index (Phi) is 6.96. The summed E-state index contributed by atoms with van der Waals surface area (Å²) in [5.41, 5.74) is 2.10. The van der Waals surface area contributed by atoms with Crippen LogP contribution in [0.25, 0.3) is 15.9 Å². The van der Waals surface area contributed by atoms with E-state index in [0.717, 1.165) is 50.1 Å². The van der Waals surface area contributed by atoms with Crippen molar-refractivity contribution in [3.05, 3.63) is 51.1 Å². The van der Waals surface area contributed by atoms with Crippen molar-refractivity contribution in [2.45, 2.75) is 70.7 Å². The Labute approximate surface area is 186 Å². The maximum absolute atomic E-state index is 13.8. The third-order valence-electron chi connectivity index (χ3n) is 5.70. The molecule has 0 N–H and O–H groups in total. The molecule has 0 radical (unpaired) electrons. The number of hydrogen-bond acceptors (Lipinski definition) is 5. The van der Waals surface area contributed by atoms with Crippen LogP contribution in [0.3, 0.4) is 0 Å². The second kappa shape index (κ2) is 9.67. The van der Waals surface area contributed by atoms with Crippen molar-refractivity contribution in [1.82, 2.24) is 9.55 Å². The van der Waals surface area contributed by atoms with Crippen molar-refractivity contribution >= 4 is 33.3 Å². The summed E-state index contributed by atoms with van der Waals surface area (Å²) < 4.78 is 7.87.